The average molecular weight is 315 g/mol. The van der Waals surface area contributed by atoms with E-state index in [9.17, 15) is 4.79 Å². The number of hydrogen-bond donors (Lipinski definition) is 0. The van der Waals surface area contributed by atoms with E-state index in [1.807, 2.05) is 11.0 Å². The molecular weight excluding hydrogens is 286 g/mol. The fraction of sp³-hybridized carbons (Fsp3) is 0.632. The first-order chi connectivity index (χ1) is 11.1. The van der Waals surface area contributed by atoms with Gasteiger partial charge in [-0.1, -0.05) is 26.0 Å². The zero-order valence-corrected chi connectivity index (χ0v) is 14.7. The van der Waals surface area contributed by atoms with E-state index in [-0.39, 0.29) is 11.9 Å². The molecule has 2 aliphatic heterocycles. The summed E-state index contributed by atoms with van der Waals surface area (Å²) in [6.07, 6.45) is 2.44. The van der Waals surface area contributed by atoms with Crippen molar-refractivity contribution < 1.29 is 4.79 Å². The number of nitrogens with zero attached hydrogens (tertiary/aromatic N) is 3. The third kappa shape index (κ3) is 3.37. The maximum absolute atomic E-state index is 13.0. The molecule has 0 radical (unpaired) electrons. The SMILES string of the molecule is CC(C)CN1CCN(C(=O)C(C)N2CCCC2)c2ccccc21. The summed E-state index contributed by atoms with van der Waals surface area (Å²) in [5, 5.41) is 0. The first kappa shape index (κ1) is 16.3. The van der Waals surface area contributed by atoms with Gasteiger partial charge >= 0.3 is 0 Å². The van der Waals surface area contributed by atoms with Crippen LogP contribution in [-0.2, 0) is 4.79 Å². The van der Waals surface area contributed by atoms with Gasteiger partial charge in [0, 0.05) is 19.6 Å². The second kappa shape index (κ2) is 6.91. The Kier molecular flexibility index (Phi) is 4.90. The number of anilines is 2. The zero-order valence-electron chi connectivity index (χ0n) is 14.7. The molecule has 23 heavy (non-hydrogen) atoms. The standard InChI is InChI=1S/C19H29N3O/c1-15(2)14-21-12-13-22(18-9-5-4-8-17(18)21)19(23)16(3)20-10-6-7-11-20/h4-5,8-9,15-16H,6-7,10-14H2,1-3H3. The van der Waals surface area contributed by atoms with E-state index in [1.54, 1.807) is 0 Å². The van der Waals surface area contributed by atoms with E-state index in [2.05, 4.69) is 48.8 Å². The monoisotopic (exact) mass is 315 g/mol. The van der Waals surface area contributed by atoms with Crippen molar-refractivity contribution in [3.8, 4) is 0 Å². The summed E-state index contributed by atoms with van der Waals surface area (Å²) in [6.45, 7) is 11.4. The molecule has 126 valence electrons. The molecule has 1 fully saturated rings. The number of hydrogen-bond acceptors (Lipinski definition) is 3. The molecule has 0 spiro atoms. The highest BCUT2D eigenvalue weighted by atomic mass is 16.2. The molecule has 1 atom stereocenters. The van der Waals surface area contributed by atoms with Gasteiger partial charge in [0.05, 0.1) is 17.4 Å². The largest absolute Gasteiger partial charge is 0.368 e. The van der Waals surface area contributed by atoms with Crippen molar-refractivity contribution in [2.24, 2.45) is 5.92 Å². The van der Waals surface area contributed by atoms with Gasteiger partial charge in [-0.05, 0) is 50.9 Å². The highest BCUT2D eigenvalue weighted by molar-refractivity contribution is 6.00. The summed E-state index contributed by atoms with van der Waals surface area (Å²) < 4.78 is 0. The lowest BCUT2D eigenvalue weighted by atomic mass is 10.1. The first-order valence-electron chi connectivity index (χ1n) is 8.97. The molecule has 1 saturated heterocycles. The molecule has 0 bridgehead atoms. The third-order valence-electron chi connectivity index (χ3n) is 5.00. The van der Waals surface area contributed by atoms with Crippen molar-refractivity contribution in [1.29, 1.82) is 0 Å². The molecule has 0 aromatic heterocycles. The van der Waals surface area contributed by atoms with Crippen molar-refractivity contribution in [2.75, 3.05) is 42.5 Å². The van der Waals surface area contributed by atoms with Gasteiger partial charge in [-0.2, -0.15) is 0 Å². The summed E-state index contributed by atoms with van der Waals surface area (Å²) in [7, 11) is 0. The molecule has 2 heterocycles. The summed E-state index contributed by atoms with van der Waals surface area (Å²) in [5.74, 6) is 0.873. The molecule has 2 aliphatic rings. The number of amides is 1. The molecule has 4 nitrogen and oxygen atoms in total. The summed E-state index contributed by atoms with van der Waals surface area (Å²) in [4.78, 5) is 19.8. The summed E-state index contributed by atoms with van der Waals surface area (Å²) in [6, 6.07) is 8.35. The maximum Gasteiger partial charge on any atom is 0.244 e. The fourth-order valence-electron chi connectivity index (χ4n) is 3.79. The Balaban J connectivity index is 1.81. The predicted octanol–water partition coefficient (Wildman–Crippen LogP) is 2.98. The lowest BCUT2D eigenvalue weighted by molar-refractivity contribution is -0.122. The number of carbonyl (C=O) groups excluding carboxylic acids is 1. The number of para-hydroxylation sites is 2. The number of carbonyl (C=O) groups is 1. The van der Waals surface area contributed by atoms with Crippen LogP contribution in [0.3, 0.4) is 0 Å². The van der Waals surface area contributed by atoms with Gasteiger partial charge in [0.15, 0.2) is 0 Å². The number of fused-ring (bicyclic) bond motifs is 1. The first-order valence-corrected chi connectivity index (χ1v) is 8.97. The fourth-order valence-corrected chi connectivity index (χ4v) is 3.79. The van der Waals surface area contributed by atoms with Crippen LogP contribution in [0.5, 0.6) is 0 Å². The number of benzene rings is 1. The van der Waals surface area contributed by atoms with E-state index in [0.29, 0.717) is 5.92 Å². The molecular formula is C19H29N3O. The molecule has 1 unspecified atom stereocenters. The predicted molar refractivity (Wildman–Crippen MR) is 96.1 cm³/mol. The van der Waals surface area contributed by atoms with E-state index >= 15 is 0 Å². The highest BCUT2D eigenvalue weighted by Crippen LogP contribution is 2.34. The smallest absolute Gasteiger partial charge is 0.244 e. The molecule has 0 N–H and O–H groups in total. The maximum atomic E-state index is 13.0. The van der Waals surface area contributed by atoms with Crippen molar-refractivity contribution in [2.45, 2.75) is 39.7 Å². The number of rotatable bonds is 4. The Hall–Kier alpha value is -1.55. The minimum Gasteiger partial charge on any atom is -0.368 e. The highest BCUT2D eigenvalue weighted by Gasteiger charge is 2.32. The molecule has 0 aliphatic carbocycles. The zero-order chi connectivity index (χ0) is 16.4. The van der Waals surface area contributed by atoms with Crippen molar-refractivity contribution in [3.63, 3.8) is 0 Å². The van der Waals surface area contributed by atoms with Gasteiger partial charge < -0.3 is 9.80 Å². The van der Waals surface area contributed by atoms with Crippen LogP contribution in [0, 0.1) is 5.92 Å². The van der Waals surface area contributed by atoms with Crippen LogP contribution in [0.1, 0.15) is 33.6 Å². The summed E-state index contributed by atoms with van der Waals surface area (Å²) >= 11 is 0. The number of likely N-dealkylation sites (tertiary alicyclic amines) is 1. The van der Waals surface area contributed by atoms with E-state index < -0.39 is 0 Å². The minimum atomic E-state index is -0.0118. The van der Waals surface area contributed by atoms with Gasteiger partial charge in [-0.3, -0.25) is 9.69 Å². The van der Waals surface area contributed by atoms with E-state index in [4.69, 9.17) is 0 Å². The minimum absolute atomic E-state index is 0.0118. The Bertz CT molecular complexity index is 551. The van der Waals surface area contributed by atoms with E-state index in [1.165, 1.54) is 18.5 Å². The van der Waals surface area contributed by atoms with Gasteiger partial charge in [0.25, 0.3) is 0 Å². The lowest BCUT2D eigenvalue weighted by Gasteiger charge is -2.40. The van der Waals surface area contributed by atoms with Gasteiger partial charge in [0.2, 0.25) is 5.91 Å². The Morgan fingerprint density at radius 2 is 1.65 bits per heavy atom. The second-order valence-corrected chi connectivity index (χ2v) is 7.24. The Labute approximate surface area is 140 Å². The van der Waals surface area contributed by atoms with Crippen LogP contribution in [0.2, 0.25) is 0 Å². The van der Waals surface area contributed by atoms with Crippen molar-refractivity contribution in [3.05, 3.63) is 24.3 Å². The lowest BCUT2D eigenvalue weighted by Crippen LogP contribution is -2.51. The van der Waals surface area contributed by atoms with Crippen LogP contribution >= 0.6 is 0 Å². The van der Waals surface area contributed by atoms with Crippen LogP contribution in [0.4, 0.5) is 11.4 Å². The van der Waals surface area contributed by atoms with Crippen molar-refractivity contribution in [1.82, 2.24) is 4.90 Å². The molecule has 1 aromatic rings. The Morgan fingerprint density at radius 1 is 1.00 bits per heavy atom. The summed E-state index contributed by atoms with van der Waals surface area (Å²) in [5.41, 5.74) is 2.28. The molecule has 1 amide bonds. The van der Waals surface area contributed by atoms with Gasteiger partial charge in [-0.15, -0.1) is 0 Å². The molecule has 4 heteroatoms. The topological polar surface area (TPSA) is 26.8 Å². The Morgan fingerprint density at radius 3 is 2.30 bits per heavy atom. The van der Waals surface area contributed by atoms with Gasteiger partial charge in [0.1, 0.15) is 0 Å². The van der Waals surface area contributed by atoms with Crippen molar-refractivity contribution >= 4 is 17.3 Å². The quantitative estimate of drug-likeness (QED) is 0.854. The molecule has 1 aromatic carbocycles. The average Bonchev–Trinajstić information content (AvgIpc) is 3.08. The van der Waals surface area contributed by atoms with Crippen LogP contribution < -0.4 is 9.80 Å². The molecule has 3 rings (SSSR count). The van der Waals surface area contributed by atoms with E-state index in [0.717, 1.165) is 38.4 Å². The normalized spacial score (nSPS) is 20.0. The third-order valence-corrected chi connectivity index (χ3v) is 5.00. The van der Waals surface area contributed by atoms with Crippen LogP contribution in [0.15, 0.2) is 24.3 Å². The van der Waals surface area contributed by atoms with Crippen LogP contribution in [0.25, 0.3) is 0 Å². The molecule has 0 saturated carbocycles. The second-order valence-electron chi connectivity index (χ2n) is 7.24. The van der Waals surface area contributed by atoms with Crippen LogP contribution in [-0.4, -0.2) is 49.6 Å². The van der Waals surface area contributed by atoms with Gasteiger partial charge in [-0.25, -0.2) is 0 Å².